The molecule has 4 rings (SSSR count). The third kappa shape index (κ3) is 5.24. The third-order valence-electron chi connectivity index (χ3n) is 6.92. The zero-order valence-electron chi connectivity index (χ0n) is 19.9. The highest BCUT2D eigenvalue weighted by Crippen LogP contribution is 2.27. The van der Waals surface area contributed by atoms with E-state index in [0.717, 1.165) is 52.5 Å². The Morgan fingerprint density at radius 2 is 1.63 bits per heavy atom. The second-order valence-electron chi connectivity index (χ2n) is 9.36. The summed E-state index contributed by atoms with van der Waals surface area (Å²) in [4.78, 5) is 28.1. The maximum absolute atomic E-state index is 13.5. The summed E-state index contributed by atoms with van der Waals surface area (Å²) in [5.41, 5.74) is 8.30. The van der Waals surface area contributed by atoms with Gasteiger partial charge in [-0.15, -0.1) is 0 Å². The summed E-state index contributed by atoms with van der Waals surface area (Å²) in [6.07, 6.45) is 1.55. The standard InChI is InChI=1S/C25H31FN4O4S/c1-16-3-4-18(15-17(16)2)25(32)29-13-14-30(35(33,34)22-11-5-19(26)6-12-22)24(29)23(31)28-21-9-7-20(27)8-10-21/h3-6,11-12,15,20-21,24H,7-10,13-14,27H2,1-2H3,(H,28,31). The zero-order valence-corrected chi connectivity index (χ0v) is 20.7. The summed E-state index contributed by atoms with van der Waals surface area (Å²) >= 11 is 0. The molecule has 1 atom stereocenters. The summed E-state index contributed by atoms with van der Waals surface area (Å²) in [6, 6.07) is 9.64. The van der Waals surface area contributed by atoms with Gasteiger partial charge in [0.1, 0.15) is 5.82 Å². The van der Waals surface area contributed by atoms with Gasteiger partial charge in [-0.2, -0.15) is 4.31 Å². The average Bonchev–Trinajstić information content (AvgIpc) is 3.28. The zero-order chi connectivity index (χ0) is 25.3. The fourth-order valence-electron chi connectivity index (χ4n) is 4.66. The molecule has 8 nitrogen and oxygen atoms in total. The Morgan fingerprint density at radius 1 is 0.971 bits per heavy atom. The van der Waals surface area contributed by atoms with Crippen molar-refractivity contribution in [3.63, 3.8) is 0 Å². The van der Waals surface area contributed by atoms with Crippen LogP contribution in [0.15, 0.2) is 47.4 Å². The average molecular weight is 503 g/mol. The summed E-state index contributed by atoms with van der Waals surface area (Å²) in [5.74, 6) is -1.54. The molecule has 188 valence electrons. The van der Waals surface area contributed by atoms with Crippen LogP contribution < -0.4 is 11.1 Å². The lowest BCUT2D eigenvalue weighted by molar-refractivity contribution is -0.128. The van der Waals surface area contributed by atoms with Crippen LogP contribution in [0.2, 0.25) is 0 Å². The summed E-state index contributed by atoms with van der Waals surface area (Å²) in [7, 11) is -4.17. The Balaban J connectivity index is 1.66. The van der Waals surface area contributed by atoms with Crippen LogP contribution in [0, 0.1) is 19.7 Å². The van der Waals surface area contributed by atoms with Gasteiger partial charge in [0.15, 0.2) is 6.17 Å². The molecule has 0 bridgehead atoms. The van der Waals surface area contributed by atoms with Crippen LogP contribution in [0.25, 0.3) is 0 Å². The lowest BCUT2D eigenvalue weighted by Gasteiger charge is -2.32. The highest BCUT2D eigenvalue weighted by atomic mass is 32.2. The monoisotopic (exact) mass is 502 g/mol. The summed E-state index contributed by atoms with van der Waals surface area (Å²) < 4.78 is 41.4. The van der Waals surface area contributed by atoms with Gasteiger partial charge in [-0.1, -0.05) is 6.07 Å². The highest BCUT2D eigenvalue weighted by molar-refractivity contribution is 7.89. The molecule has 1 unspecified atom stereocenters. The first-order valence-electron chi connectivity index (χ1n) is 11.8. The number of sulfonamides is 1. The molecule has 1 saturated heterocycles. The van der Waals surface area contributed by atoms with E-state index in [-0.39, 0.29) is 30.1 Å². The van der Waals surface area contributed by atoms with Crippen molar-refractivity contribution < 1.29 is 22.4 Å². The number of nitrogens with one attached hydrogen (secondary N) is 1. The van der Waals surface area contributed by atoms with Crippen molar-refractivity contribution in [2.45, 2.75) is 62.7 Å². The Hall–Kier alpha value is -2.82. The van der Waals surface area contributed by atoms with Gasteiger partial charge in [0.25, 0.3) is 11.8 Å². The summed E-state index contributed by atoms with van der Waals surface area (Å²) in [5, 5.41) is 2.95. The van der Waals surface area contributed by atoms with Crippen molar-refractivity contribution >= 4 is 21.8 Å². The highest BCUT2D eigenvalue weighted by Gasteiger charge is 2.47. The molecule has 0 radical (unpaired) electrons. The molecule has 2 fully saturated rings. The van der Waals surface area contributed by atoms with E-state index in [1.807, 2.05) is 19.9 Å². The van der Waals surface area contributed by atoms with Crippen LogP contribution in [0.1, 0.15) is 47.2 Å². The minimum absolute atomic E-state index is 0.0517. The molecular weight excluding hydrogens is 471 g/mol. The SMILES string of the molecule is Cc1ccc(C(=O)N2CCN(S(=O)(=O)c3ccc(F)cc3)C2C(=O)NC2CCC(N)CC2)cc1C. The topological polar surface area (TPSA) is 113 Å². The van der Waals surface area contributed by atoms with Crippen LogP contribution >= 0.6 is 0 Å². The minimum Gasteiger partial charge on any atom is -0.350 e. The van der Waals surface area contributed by atoms with Crippen LogP contribution in [0.3, 0.4) is 0 Å². The van der Waals surface area contributed by atoms with Crippen molar-refractivity contribution in [1.29, 1.82) is 0 Å². The molecule has 2 amide bonds. The van der Waals surface area contributed by atoms with Crippen LogP contribution in [-0.2, 0) is 14.8 Å². The van der Waals surface area contributed by atoms with E-state index in [4.69, 9.17) is 5.73 Å². The van der Waals surface area contributed by atoms with Gasteiger partial charge >= 0.3 is 0 Å². The number of rotatable bonds is 5. The Labute approximate surface area is 205 Å². The molecular formula is C25H31FN4O4S. The van der Waals surface area contributed by atoms with Crippen LogP contribution in [0.4, 0.5) is 4.39 Å². The molecule has 2 aromatic carbocycles. The molecule has 1 aliphatic carbocycles. The third-order valence-corrected chi connectivity index (χ3v) is 8.78. The van der Waals surface area contributed by atoms with E-state index in [2.05, 4.69) is 5.32 Å². The number of hydrogen-bond acceptors (Lipinski definition) is 5. The number of amides is 2. The molecule has 10 heteroatoms. The lowest BCUT2D eigenvalue weighted by Crippen LogP contribution is -2.56. The van der Waals surface area contributed by atoms with Gasteiger partial charge in [-0.3, -0.25) is 9.59 Å². The fraction of sp³-hybridized carbons (Fsp3) is 0.440. The van der Waals surface area contributed by atoms with Gasteiger partial charge in [0.05, 0.1) is 4.90 Å². The van der Waals surface area contributed by atoms with Crippen molar-refractivity contribution in [3.8, 4) is 0 Å². The van der Waals surface area contributed by atoms with E-state index in [1.54, 1.807) is 12.1 Å². The number of nitrogens with two attached hydrogens (primary N) is 1. The van der Waals surface area contributed by atoms with E-state index >= 15 is 0 Å². The van der Waals surface area contributed by atoms with Crippen molar-refractivity contribution in [2.24, 2.45) is 5.73 Å². The second kappa shape index (κ2) is 10.0. The Morgan fingerprint density at radius 3 is 2.26 bits per heavy atom. The minimum atomic E-state index is -4.17. The number of hydrogen-bond donors (Lipinski definition) is 2. The lowest BCUT2D eigenvalue weighted by atomic mass is 9.92. The normalized spacial score (nSPS) is 23.3. The first-order valence-corrected chi connectivity index (χ1v) is 13.2. The van der Waals surface area contributed by atoms with E-state index in [1.165, 1.54) is 4.90 Å². The van der Waals surface area contributed by atoms with Gasteiger partial charge in [-0.05, 0) is 87.1 Å². The first-order chi connectivity index (χ1) is 16.6. The van der Waals surface area contributed by atoms with Gasteiger partial charge < -0.3 is 16.0 Å². The quantitative estimate of drug-likeness (QED) is 0.652. The molecule has 2 aromatic rings. The largest absolute Gasteiger partial charge is 0.350 e. The van der Waals surface area contributed by atoms with Gasteiger partial charge in [0.2, 0.25) is 10.0 Å². The fourth-order valence-corrected chi connectivity index (χ4v) is 6.21. The molecule has 1 saturated carbocycles. The predicted octanol–water partition coefficient (Wildman–Crippen LogP) is 2.30. The summed E-state index contributed by atoms with van der Waals surface area (Å²) in [6.45, 7) is 3.83. The van der Waals surface area contributed by atoms with Crippen molar-refractivity contribution in [1.82, 2.24) is 14.5 Å². The number of halogens is 1. The number of nitrogens with zero attached hydrogens (tertiary/aromatic N) is 2. The number of aryl methyl sites for hydroxylation is 2. The Bertz CT molecular complexity index is 1210. The van der Waals surface area contributed by atoms with Crippen molar-refractivity contribution in [3.05, 3.63) is 65.0 Å². The number of benzene rings is 2. The second-order valence-corrected chi connectivity index (χ2v) is 11.3. The molecule has 1 aliphatic heterocycles. The molecule has 0 aromatic heterocycles. The van der Waals surface area contributed by atoms with Crippen LogP contribution in [-0.4, -0.2) is 60.8 Å². The first kappa shape index (κ1) is 25.3. The van der Waals surface area contributed by atoms with E-state index < -0.39 is 33.8 Å². The molecule has 35 heavy (non-hydrogen) atoms. The Kier molecular flexibility index (Phi) is 7.25. The number of carbonyl (C=O) groups excluding carboxylic acids is 2. The maximum atomic E-state index is 13.5. The smallest absolute Gasteiger partial charge is 0.259 e. The molecule has 3 N–H and O–H groups in total. The maximum Gasteiger partial charge on any atom is 0.259 e. The van der Waals surface area contributed by atoms with Gasteiger partial charge in [-0.25, -0.2) is 12.8 Å². The molecule has 2 aliphatic rings. The number of carbonyl (C=O) groups is 2. The van der Waals surface area contributed by atoms with Gasteiger partial charge in [0, 0.05) is 30.7 Å². The molecule has 0 spiro atoms. The van der Waals surface area contributed by atoms with Crippen LogP contribution in [0.5, 0.6) is 0 Å². The predicted molar refractivity (Wildman–Crippen MR) is 129 cm³/mol. The van der Waals surface area contributed by atoms with E-state index in [9.17, 15) is 22.4 Å². The van der Waals surface area contributed by atoms with Crippen molar-refractivity contribution in [2.75, 3.05) is 13.1 Å². The van der Waals surface area contributed by atoms with E-state index in [0.29, 0.717) is 18.4 Å². The molecule has 1 heterocycles.